The maximum absolute atomic E-state index is 11.3. The summed E-state index contributed by atoms with van der Waals surface area (Å²) >= 11 is 1.35. The van der Waals surface area contributed by atoms with Gasteiger partial charge in [-0.25, -0.2) is 4.98 Å². The normalized spacial score (nSPS) is 15.4. The van der Waals surface area contributed by atoms with Crippen LogP contribution in [0.1, 0.15) is 33.2 Å². The highest BCUT2D eigenvalue weighted by molar-refractivity contribution is 7.14. The first-order valence-electron chi connectivity index (χ1n) is 3.81. The summed E-state index contributed by atoms with van der Waals surface area (Å²) in [6.07, 6.45) is 7.66. The minimum atomic E-state index is 0.204. The number of hydrogen-bond acceptors (Lipinski definition) is 3. The van der Waals surface area contributed by atoms with Crippen LogP contribution in [-0.2, 0) is 6.42 Å². The molecule has 2 nitrogen and oxygen atoms in total. The number of terminal acetylenes is 1. The summed E-state index contributed by atoms with van der Waals surface area (Å²) in [5, 5.41) is 0.634. The molecule has 0 bridgehead atoms. The summed E-state index contributed by atoms with van der Waals surface area (Å²) in [5.74, 6) is 2.66. The van der Waals surface area contributed by atoms with E-state index in [-0.39, 0.29) is 5.78 Å². The Bertz CT molecular complexity index is 372. The number of carbonyl (C=O) groups excluding carboxylic acids is 1. The van der Waals surface area contributed by atoms with Crippen LogP contribution < -0.4 is 0 Å². The number of rotatable bonds is 0. The van der Waals surface area contributed by atoms with Gasteiger partial charge >= 0.3 is 0 Å². The van der Waals surface area contributed by atoms with E-state index in [0.717, 1.165) is 23.4 Å². The Balaban J connectivity index is 2.52. The maximum atomic E-state index is 11.3. The molecule has 0 atom stereocenters. The lowest BCUT2D eigenvalue weighted by Crippen LogP contribution is -2.07. The average Bonchev–Trinajstić information content (AvgIpc) is 2.49. The van der Waals surface area contributed by atoms with E-state index >= 15 is 0 Å². The Labute approximate surface area is 74.6 Å². The smallest absolute Gasteiger partial charge is 0.174 e. The monoisotopic (exact) mass is 177 g/mol. The fraction of sp³-hybridized carbons (Fsp3) is 0.333. The van der Waals surface area contributed by atoms with E-state index in [4.69, 9.17) is 6.42 Å². The van der Waals surface area contributed by atoms with Crippen molar-refractivity contribution in [2.75, 3.05) is 0 Å². The molecular weight excluding hydrogens is 170 g/mol. The van der Waals surface area contributed by atoms with Crippen molar-refractivity contribution in [2.24, 2.45) is 0 Å². The van der Waals surface area contributed by atoms with Crippen molar-refractivity contribution >= 4 is 17.1 Å². The lowest BCUT2D eigenvalue weighted by Gasteiger charge is -2.05. The third-order valence-corrected chi connectivity index (χ3v) is 2.96. The molecule has 0 saturated heterocycles. The van der Waals surface area contributed by atoms with Crippen LogP contribution in [0.2, 0.25) is 0 Å². The number of aromatic nitrogens is 1. The van der Waals surface area contributed by atoms with Gasteiger partial charge < -0.3 is 0 Å². The Hall–Kier alpha value is -1.14. The SMILES string of the molecule is C#Cc1nc2c(s1)C(=O)CCC2. The van der Waals surface area contributed by atoms with E-state index in [1.54, 1.807) is 0 Å². The van der Waals surface area contributed by atoms with Crippen molar-refractivity contribution in [1.29, 1.82) is 0 Å². The topological polar surface area (TPSA) is 30.0 Å². The lowest BCUT2D eigenvalue weighted by molar-refractivity contribution is 0.0976. The summed E-state index contributed by atoms with van der Waals surface area (Å²) in [6.45, 7) is 0. The van der Waals surface area contributed by atoms with Gasteiger partial charge in [0, 0.05) is 6.42 Å². The molecule has 0 spiro atoms. The molecule has 12 heavy (non-hydrogen) atoms. The Morgan fingerprint density at radius 2 is 2.33 bits per heavy atom. The molecule has 0 unspecified atom stereocenters. The van der Waals surface area contributed by atoms with Crippen LogP contribution in [-0.4, -0.2) is 10.8 Å². The second-order valence-electron chi connectivity index (χ2n) is 2.72. The second-order valence-corrected chi connectivity index (χ2v) is 3.71. The molecule has 3 heteroatoms. The molecule has 1 aliphatic carbocycles. The number of nitrogens with zero attached hydrogens (tertiary/aromatic N) is 1. The van der Waals surface area contributed by atoms with E-state index < -0.39 is 0 Å². The number of Topliss-reactive ketones (excluding diaryl/α,β-unsaturated/α-hetero) is 1. The maximum Gasteiger partial charge on any atom is 0.174 e. The molecule has 0 radical (unpaired) electrons. The van der Waals surface area contributed by atoms with Crippen LogP contribution in [0.15, 0.2) is 0 Å². The third-order valence-electron chi connectivity index (χ3n) is 1.89. The zero-order valence-corrected chi connectivity index (χ0v) is 7.28. The van der Waals surface area contributed by atoms with Gasteiger partial charge in [-0.2, -0.15) is 0 Å². The van der Waals surface area contributed by atoms with Crippen LogP contribution in [0.3, 0.4) is 0 Å². The van der Waals surface area contributed by atoms with Crippen molar-refractivity contribution in [3.63, 3.8) is 0 Å². The second kappa shape index (κ2) is 2.72. The van der Waals surface area contributed by atoms with Crippen molar-refractivity contribution in [2.45, 2.75) is 19.3 Å². The van der Waals surface area contributed by atoms with Gasteiger partial charge in [-0.05, 0) is 18.8 Å². The molecule has 0 amide bonds. The number of fused-ring (bicyclic) bond motifs is 1. The summed E-state index contributed by atoms with van der Waals surface area (Å²) in [7, 11) is 0. The average molecular weight is 177 g/mol. The number of aryl methyl sites for hydroxylation is 1. The van der Waals surface area contributed by atoms with Crippen molar-refractivity contribution in [1.82, 2.24) is 4.98 Å². The molecule has 1 heterocycles. The summed E-state index contributed by atoms with van der Waals surface area (Å²) < 4.78 is 0. The number of hydrogen-bond donors (Lipinski definition) is 0. The Kier molecular flexibility index (Phi) is 1.70. The van der Waals surface area contributed by atoms with Gasteiger partial charge in [0.05, 0.1) is 10.6 Å². The van der Waals surface area contributed by atoms with E-state index in [0.29, 0.717) is 11.4 Å². The lowest BCUT2D eigenvalue weighted by atomic mass is 10.0. The molecule has 2 rings (SSSR count). The zero-order chi connectivity index (χ0) is 8.55. The predicted molar refractivity (Wildman–Crippen MR) is 47.3 cm³/mol. The largest absolute Gasteiger partial charge is 0.293 e. The van der Waals surface area contributed by atoms with Crippen LogP contribution in [0.4, 0.5) is 0 Å². The van der Waals surface area contributed by atoms with Crippen molar-refractivity contribution in [3.8, 4) is 12.3 Å². The van der Waals surface area contributed by atoms with Crippen LogP contribution in [0.25, 0.3) is 0 Å². The molecule has 0 aliphatic heterocycles. The van der Waals surface area contributed by atoms with Gasteiger partial charge in [0.1, 0.15) is 0 Å². The Morgan fingerprint density at radius 3 is 3.00 bits per heavy atom. The van der Waals surface area contributed by atoms with Gasteiger partial charge in [0.25, 0.3) is 0 Å². The van der Waals surface area contributed by atoms with E-state index in [1.165, 1.54) is 11.3 Å². The summed E-state index contributed by atoms with van der Waals surface area (Å²) in [5.41, 5.74) is 0.907. The van der Waals surface area contributed by atoms with Crippen LogP contribution >= 0.6 is 11.3 Å². The first-order chi connectivity index (χ1) is 5.81. The standard InChI is InChI=1S/C9H7NOS/c1-2-8-10-6-4-3-5-7(11)9(6)12-8/h1H,3-5H2. The predicted octanol–water partition coefficient (Wildman–Crippen LogP) is 1.64. The number of ketones is 1. The first-order valence-corrected chi connectivity index (χ1v) is 4.62. The highest BCUT2D eigenvalue weighted by Gasteiger charge is 2.21. The summed E-state index contributed by atoms with van der Waals surface area (Å²) in [4.78, 5) is 16.3. The van der Waals surface area contributed by atoms with E-state index in [1.807, 2.05) is 0 Å². The number of carbonyl (C=O) groups is 1. The van der Waals surface area contributed by atoms with Crippen LogP contribution in [0, 0.1) is 12.3 Å². The highest BCUT2D eigenvalue weighted by atomic mass is 32.1. The highest BCUT2D eigenvalue weighted by Crippen LogP contribution is 2.25. The fourth-order valence-corrected chi connectivity index (χ4v) is 2.22. The quantitative estimate of drug-likeness (QED) is 0.564. The fourth-order valence-electron chi connectivity index (χ4n) is 1.33. The molecular formula is C9H7NOS. The molecule has 1 aromatic rings. The Morgan fingerprint density at radius 1 is 1.50 bits per heavy atom. The minimum Gasteiger partial charge on any atom is -0.293 e. The molecule has 60 valence electrons. The van der Waals surface area contributed by atoms with Gasteiger partial charge in [-0.3, -0.25) is 4.79 Å². The molecule has 0 fully saturated rings. The molecule has 0 N–H and O–H groups in total. The van der Waals surface area contributed by atoms with E-state index in [2.05, 4.69) is 10.9 Å². The van der Waals surface area contributed by atoms with E-state index in [9.17, 15) is 4.79 Å². The number of thiazole rings is 1. The van der Waals surface area contributed by atoms with Gasteiger partial charge in [-0.15, -0.1) is 17.8 Å². The van der Waals surface area contributed by atoms with Gasteiger partial charge in [0.2, 0.25) is 0 Å². The molecule has 0 aromatic carbocycles. The van der Waals surface area contributed by atoms with Gasteiger partial charge in [-0.1, -0.05) is 0 Å². The van der Waals surface area contributed by atoms with Gasteiger partial charge in [0.15, 0.2) is 10.8 Å². The molecule has 0 saturated carbocycles. The molecule has 1 aliphatic rings. The minimum absolute atomic E-state index is 0.204. The van der Waals surface area contributed by atoms with Crippen molar-refractivity contribution < 1.29 is 4.79 Å². The zero-order valence-electron chi connectivity index (χ0n) is 6.46. The van der Waals surface area contributed by atoms with Crippen molar-refractivity contribution in [3.05, 3.63) is 15.6 Å². The molecule has 1 aromatic heterocycles. The first kappa shape index (κ1) is 7.51. The summed E-state index contributed by atoms with van der Waals surface area (Å²) in [6, 6.07) is 0. The third kappa shape index (κ3) is 1.05. The van der Waals surface area contributed by atoms with Crippen LogP contribution in [0.5, 0.6) is 0 Å².